The first-order valence-corrected chi connectivity index (χ1v) is 14.0. The highest BCUT2D eigenvalue weighted by Crippen LogP contribution is 2.30. The van der Waals surface area contributed by atoms with Gasteiger partial charge in [-0.3, -0.25) is 14.4 Å². The predicted molar refractivity (Wildman–Crippen MR) is 150 cm³/mol. The molecule has 2 aromatic carbocycles. The SMILES string of the molecule is CCCCCC(=O)Oc1ccc(C[C@H](N)C(=O)OC[C@H](C)OC(=O)c2ccccc2)cc1OC(=O)CCCCC. The van der Waals surface area contributed by atoms with E-state index >= 15 is 0 Å². The molecule has 0 saturated heterocycles. The van der Waals surface area contributed by atoms with E-state index in [4.69, 9.17) is 24.7 Å². The monoisotopic (exact) mass is 555 g/mol. The molecule has 0 amide bonds. The molecule has 0 unspecified atom stereocenters. The lowest BCUT2D eigenvalue weighted by atomic mass is 10.1. The molecule has 0 bridgehead atoms. The zero-order valence-electron chi connectivity index (χ0n) is 23.7. The molecule has 218 valence electrons. The van der Waals surface area contributed by atoms with Crippen molar-refractivity contribution in [3.05, 3.63) is 59.7 Å². The summed E-state index contributed by atoms with van der Waals surface area (Å²) in [5.41, 5.74) is 7.06. The van der Waals surface area contributed by atoms with E-state index in [1.165, 1.54) is 6.07 Å². The Morgan fingerprint density at radius 3 is 2.00 bits per heavy atom. The van der Waals surface area contributed by atoms with E-state index in [1.54, 1.807) is 49.4 Å². The van der Waals surface area contributed by atoms with E-state index in [1.807, 2.05) is 13.8 Å². The van der Waals surface area contributed by atoms with Crippen LogP contribution in [0.1, 0.15) is 88.1 Å². The molecule has 2 rings (SSSR count). The number of rotatable bonds is 17. The molecule has 2 atom stereocenters. The molecule has 0 aliphatic heterocycles. The van der Waals surface area contributed by atoms with Gasteiger partial charge in [0.05, 0.1) is 5.56 Å². The molecule has 0 fully saturated rings. The average Bonchev–Trinajstić information content (AvgIpc) is 2.93. The summed E-state index contributed by atoms with van der Waals surface area (Å²) in [7, 11) is 0. The van der Waals surface area contributed by atoms with Gasteiger partial charge in [0.15, 0.2) is 11.5 Å². The fraction of sp³-hybridized carbons (Fsp3) is 0.484. The molecule has 2 aromatic rings. The van der Waals surface area contributed by atoms with Gasteiger partial charge in [-0.1, -0.05) is 63.8 Å². The van der Waals surface area contributed by atoms with Gasteiger partial charge in [-0.2, -0.15) is 0 Å². The van der Waals surface area contributed by atoms with E-state index in [2.05, 4.69) is 0 Å². The number of hydrogen-bond donors (Lipinski definition) is 1. The van der Waals surface area contributed by atoms with Crippen LogP contribution < -0.4 is 15.2 Å². The van der Waals surface area contributed by atoms with Gasteiger partial charge in [-0.25, -0.2) is 4.79 Å². The average molecular weight is 556 g/mol. The van der Waals surface area contributed by atoms with Crippen molar-refractivity contribution in [3.8, 4) is 11.5 Å². The molecule has 0 aliphatic carbocycles. The first-order valence-electron chi connectivity index (χ1n) is 14.0. The summed E-state index contributed by atoms with van der Waals surface area (Å²) in [5, 5.41) is 0. The lowest BCUT2D eigenvalue weighted by molar-refractivity contribution is -0.148. The molecule has 0 spiro atoms. The van der Waals surface area contributed by atoms with Gasteiger partial charge in [-0.15, -0.1) is 0 Å². The lowest BCUT2D eigenvalue weighted by Gasteiger charge is -2.17. The van der Waals surface area contributed by atoms with E-state index in [-0.39, 0.29) is 37.4 Å². The first kappa shape index (κ1) is 32.5. The third kappa shape index (κ3) is 12.0. The number of unbranched alkanes of at least 4 members (excludes halogenated alkanes) is 4. The summed E-state index contributed by atoms with van der Waals surface area (Å²) >= 11 is 0. The van der Waals surface area contributed by atoms with Gasteiger partial charge in [0.2, 0.25) is 0 Å². The molecule has 9 nitrogen and oxygen atoms in total. The van der Waals surface area contributed by atoms with Crippen molar-refractivity contribution >= 4 is 23.9 Å². The van der Waals surface area contributed by atoms with Gasteiger partial charge in [0.25, 0.3) is 0 Å². The molecule has 0 aliphatic rings. The Bertz CT molecular complexity index is 1100. The van der Waals surface area contributed by atoms with Crippen molar-refractivity contribution < 1.29 is 38.1 Å². The second-order valence-corrected chi connectivity index (χ2v) is 9.67. The number of hydrogen-bond acceptors (Lipinski definition) is 9. The molecule has 0 radical (unpaired) electrons. The topological polar surface area (TPSA) is 131 Å². The van der Waals surface area contributed by atoms with Crippen LogP contribution >= 0.6 is 0 Å². The summed E-state index contributed by atoms with van der Waals surface area (Å²) in [6.45, 7) is 5.54. The maximum absolute atomic E-state index is 12.5. The maximum atomic E-state index is 12.5. The highest BCUT2D eigenvalue weighted by atomic mass is 16.6. The van der Waals surface area contributed by atoms with Crippen LogP contribution in [0.3, 0.4) is 0 Å². The molecular formula is C31H41NO8. The minimum Gasteiger partial charge on any atom is -0.461 e. The van der Waals surface area contributed by atoms with Crippen molar-refractivity contribution in [1.82, 2.24) is 0 Å². The van der Waals surface area contributed by atoms with Crippen LogP contribution in [-0.2, 0) is 30.3 Å². The van der Waals surface area contributed by atoms with Crippen molar-refractivity contribution in [2.45, 2.75) is 90.7 Å². The van der Waals surface area contributed by atoms with Gasteiger partial charge in [0, 0.05) is 12.8 Å². The second kappa shape index (κ2) is 17.8. The number of ether oxygens (including phenoxy) is 4. The van der Waals surface area contributed by atoms with Crippen molar-refractivity contribution in [2.75, 3.05) is 6.61 Å². The Hall–Kier alpha value is -3.72. The number of carbonyl (C=O) groups excluding carboxylic acids is 4. The number of benzene rings is 2. The summed E-state index contributed by atoms with van der Waals surface area (Å²) in [6.07, 6.45) is 5.06. The normalized spacial score (nSPS) is 12.2. The zero-order chi connectivity index (χ0) is 29.3. The number of carbonyl (C=O) groups is 4. The van der Waals surface area contributed by atoms with E-state index in [9.17, 15) is 19.2 Å². The Morgan fingerprint density at radius 2 is 1.40 bits per heavy atom. The van der Waals surface area contributed by atoms with Crippen molar-refractivity contribution in [1.29, 1.82) is 0 Å². The highest BCUT2D eigenvalue weighted by Gasteiger charge is 2.21. The minimum atomic E-state index is -1.02. The minimum absolute atomic E-state index is 0.0854. The van der Waals surface area contributed by atoms with Crippen LogP contribution in [0.15, 0.2) is 48.5 Å². The second-order valence-electron chi connectivity index (χ2n) is 9.67. The third-order valence-electron chi connectivity index (χ3n) is 5.96. The largest absolute Gasteiger partial charge is 0.461 e. The van der Waals surface area contributed by atoms with Crippen LogP contribution in [0.4, 0.5) is 0 Å². The number of nitrogens with two attached hydrogens (primary N) is 1. The summed E-state index contributed by atoms with van der Waals surface area (Å²) in [4.78, 5) is 49.4. The van der Waals surface area contributed by atoms with Crippen LogP contribution in [0.5, 0.6) is 11.5 Å². The van der Waals surface area contributed by atoms with Crippen LogP contribution in [0.25, 0.3) is 0 Å². The Balaban J connectivity index is 1.99. The quantitative estimate of drug-likeness (QED) is 0.157. The molecule has 0 heterocycles. The fourth-order valence-corrected chi connectivity index (χ4v) is 3.73. The smallest absolute Gasteiger partial charge is 0.338 e. The number of esters is 4. The first-order chi connectivity index (χ1) is 19.2. The van der Waals surface area contributed by atoms with Crippen LogP contribution in [0.2, 0.25) is 0 Å². The highest BCUT2D eigenvalue weighted by molar-refractivity contribution is 5.89. The molecule has 2 N–H and O–H groups in total. The molecule has 40 heavy (non-hydrogen) atoms. The van der Waals surface area contributed by atoms with E-state index in [0.717, 1.165) is 25.7 Å². The Morgan fingerprint density at radius 1 is 0.800 bits per heavy atom. The third-order valence-corrected chi connectivity index (χ3v) is 5.96. The molecule has 9 heteroatoms. The maximum Gasteiger partial charge on any atom is 0.338 e. The zero-order valence-corrected chi connectivity index (χ0v) is 23.7. The molecular weight excluding hydrogens is 514 g/mol. The van der Waals surface area contributed by atoms with Crippen molar-refractivity contribution in [3.63, 3.8) is 0 Å². The van der Waals surface area contributed by atoms with Gasteiger partial charge in [0.1, 0.15) is 18.8 Å². The lowest BCUT2D eigenvalue weighted by Crippen LogP contribution is -2.36. The van der Waals surface area contributed by atoms with Gasteiger partial charge >= 0.3 is 23.9 Å². The van der Waals surface area contributed by atoms with E-state index in [0.29, 0.717) is 24.0 Å². The van der Waals surface area contributed by atoms with Crippen LogP contribution in [-0.4, -0.2) is 42.6 Å². The standard InChI is InChI=1S/C31H41NO8/c1-4-6-9-15-28(33)39-26-18-17-23(20-27(26)40-29(34)16-10-7-5-2)19-25(32)31(36)37-21-22(3)38-30(35)24-13-11-8-12-14-24/h8,11-14,17-18,20,22,25H,4-7,9-10,15-16,19,21,32H2,1-3H3/t22-,25-/m0/s1. The Kier molecular flexibility index (Phi) is 14.4. The summed E-state index contributed by atoms with van der Waals surface area (Å²) < 4.78 is 21.6. The molecule has 0 saturated carbocycles. The summed E-state index contributed by atoms with van der Waals surface area (Å²) in [6, 6.07) is 12.2. The van der Waals surface area contributed by atoms with Crippen LogP contribution in [0, 0.1) is 0 Å². The Labute approximate surface area is 236 Å². The fourth-order valence-electron chi connectivity index (χ4n) is 3.73. The van der Waals surface area contributed by atoms with Crippen molar-refractivity contribution in [2.24, 2.45) is 5.73 Å². The molecule has 0 aromatic heterocycles. The van der Waals surface area contributed by atoms with Gasteiger partial charge < -0.3 is 24.7 Å². The predicted octanol–water partition coefficient (Wildman–Crippen LogP) is 5.32. The summed E-state index contributed by atoms with van der Waals surface area (Å²) in [5.74, 6) is -1.80. The van der Waals surface area contributed by atoms with Gasteiger partial charge in [-0.05, 0) is 56.0 Å². The van der Waals surface area contributed by atoms with E-state index < -0.39 is 36.0 Å².